The smallest absolute Gasteiger partial charge is 0.159 e. The number of benzene rings is 1. The molecule has 128 valence electrons. The summed E-state index contributed by atoms with van der Waals surface area (Å²) in [5, 5.41) is 20.9. The first-order valence-electron chi connectivity index (χ1n) is 8.00. The topological polar surface area (TPSA) is 115 Å². The Labute approximate surface area is 147 Å². The summed E-state index contributed by atoms with van der Waals surface area (Å²) < 4.78 is 0. The van der Waals surface area contributed by atoms with Crippen LogP contribution >= 0.6 is 0 Å². The molecular formula is C18H21N7. The lowest BCUT2D eigenvalue weighted by Gasteiger charge is -2.23. The molecule has 0 spiro atoms. The van der Waals surface area contributed by atoms with Crippen molar-refractivity contribution in [1.82, 2.24) is 9.97 Å². The van der Waals surface area contributed by atoms with E-state index in [0.717, 1.165) is 5.69 Å². The van der Waals surface area contributed by atoms with E-state index >= 15 is 0 Å². The number of nitrogen functional groups attached to an aromatic ring is 1. The van der Waals surface area contributed by atoms with Crippen molar-refractivity contribution in [3.8, 4) is 12.1 Å². The highest BCUT2D eigenvalue weighted by Gasteiger charge is 2.15. The molecule has 0 saturated carbocycles. The van der Waals surface area contributed by atoms with Gasteiger partial charge in [0.1, 0.15) is 12.0 Å². The van der Waals surface area contributed by atoms with Crippen LogP contribution in [0.25, 0.3) is 0 Å². The lowest BCUT2D eigenvalue weighted by molar-refractivity contribution is 0.782. The van der Waals surface area contributed by atoms with Gasteiger partial charge in [-0.25, -0.2) is 9.97 Å². The number of nitrogens with two attached hydrogens (primary N) is 1. The van der Waals surface area contributed by atoms with Crippen LogP contribution in [0, 0.1) is 36.5 Å². The summed E-state index contributed by atoms with van der Waals surface area (Å²) in [4.78, 5) is 10.3. The van der Waals surface area contributed by atoms with Crippen molar-refractivity contribution in [2.75, 3.05) is 29.0 Å². The summed E-state index contributed by atoms with van der Waals surface area (Å²) in [6.07, 6.45) is 2.09. The monoisotopic (exact) mass is 335 g/mol. The molecule has 7 nitrogen and oxygen atoms in total. The number of nitrogens with one attached hydrogen (secondary N) is 1. The molecule has 3 N–H and O–H groups in total. The van der Waals surface area contributed by atoms with Gasteiger partial charge in [0.05, 0.1) is 25.0 Å². The summed E-state index contributed by atoms with van der Waals surface area (Å²) >= 11 is 0. The van der Waals surface area contributed by atoms with Gasteiger partial charge in [-0.1, -0.05) is 6.07 Å². The number of aromatic nitrogens is 2. The van der Waals surface area contributed by atoms with Crippen molar-refractivity contribution in [3.63, 3.8) is 0 Å². The molecule has 0 radical (unpaired) electrons. The minimum Gasteiger partial charge on any atom is -0.393 e. The fraction of sp³-hybridized carbons (Fsp3) is 0.333. The molecule has 0 unspecified atom stereocenters. The van der Waals surface area contributed by atoms with E-state index in [4.69, 9.17) is 16.3 Å². The van der Waals surface area contributed by atoms with E-state index in [9.17, 15) is 0 Å². The predicted molar refractivity (Wildman–Crippen MR) is 98.3 cm³/mol. The minimum atomic E-state index is 0.328. The highest BCUT2D eigenvalue weighted by atomic mass is 15.2. The van der Waals surface area contributed by atoms with Crippen molar-refractivity contribution in [1.29, 1.82) is 10.5 Å². The van der Waals surface area contributed by atoms with Gasteiger partial charge >= 0.3 is 0 Å². The van der Waals surface area contributed by atoms with Gasteiger partial charge in [-0.15, -0.1) is 0 Å². The van der Waals surface area contributed by atoms with E-state index in [1.807, 2.05) is 30.0 Å². The lowest BCUT2D eigenvalue weighted by atomic mass is 10.1. The van der Waals surface area contributed by atoms with Crippen LogP contribution in [0.5, 0.6) is 0 Å². The standard InChI is InChI=1S/C18H21N7/c1-13-5-6-15(11-14(13)2)24-17-16(21)18(23-12-22-17)25(9-3-7-19)10-4-8-20/h5-6,11-12H,3-4,9-10,21H2,1-2H3,(H,22,23,24). The summed E-state index contributed by atoms with van der Waals surface area (Å²) in [5.41, 5.74) is 9.92. The number of rotatable bonds is 7. The van der Waals surface area contributed by atoms with Gasteiger partial charge in [-0.2, -0.15) is 10.5 Å². The average Bonchev–Trinajstić information content (AvgIpc) is 2.60. The summed E-state index contributed by atoms with van der Waals surface area (Å²) in [7, 11) is 0. The maximum atomic E-state index is 8.84. The van der Waals surface area contributed by atoms with Crippen molar-refractivity contribution in [2.24, 2.45) is 0 Å². The second kappa shape index (κ2) is 8.51. The Morgan fingerprint density at radius 2 is 1.76 bits per heavy atom. The molecule has 0 aliphatic heterocycles. The molecule has 25 heavy (non-hydrogen) atoms. The van der Waals surface area contributed by atoms with E-state index in [0.29, 0.717) is 43.3 Å². The molecule has 1 aromatic heterocycles. The van der Waals surface area contributed by atoms with Gasteiger partial charge in [0.2, 0.25) is 0 Å². The molecule has 0 aliphatic carbocycles. The zero-order valence-corrected chi connectivity index (χ0v) is 14.5. The van der Waals surface area contributed by atoms with Gasteiger partial charge < -0.3 is 16.0 Å². The molecule has 1 heterocycles. The number of hydrogen-bond acceptors (Lipinski definition) is 7. The van der Waals surface area contributed by atoms with E-state index in [-0.39, 0.29) is 0 Å². The first-order valence-corrected chi connectivity index (χ1v) is 8.00. The van der Waals surface area contributed by atoms with Crippen molar-refractivity contribution >= 4 is 23.0 Å². The van der Waals surface area contributed by atoms with Gasteiger partial charge in [0.25, 0.3) is 0 Å². The van der Waals surface area contributed by atoms with Crippen molar-refractivity contribution in [3.05, 3.63) is 35.7 Å². The maximum Gasteiger partial charge on any atom is 0.159 e. The second-order valence-electron chi connectivity index (χ2n) is 5.69. The molecule has 2 aromatic rings. The van der Waals surface area contributed by atoms with Crippen LogP contribution in [0.3, 0.4) is 0 Å². The molecule has 0 saturated heterocycles. The Bertz CT molecular complexity index is 799. The first-order chi connectivity index (χ1) is 12.1. The van der Waals surface area contributed by atoms with E-state index in [1.165, 1.54) is 17.5 Å². The van der Waals surface area contributed by atoms with E-state index in [1.54, 1.807) is 0 Å². The van der Waals surface area contributed by atoms with Crippen LogP contribution in [0.2, 0.25) is 0 Å². The fourth-order valence-corrected chi connectivity index (χ4v) is 2.39. The van der Waals surface area contributed by atoms with Crippen molar-refractivity contribution in [2.45, 2.75) is 26.7 Å². The number of aryl methyl sites for hydroxylation is 2. The summed E-state index contributed by atoms with van der Waals surface area (Å²) in [5.74, 6) is 1.04. The Hall–Kier alpha value is -3.32. The molecule has 0 aliphatic rings. The second-order valence-corrected chi connectivity index (χ2v) is 5.69. The Balaban J connectivity index is 2.29. The Morgan fingerprint density at radius 1 is 1.08 bits per heavy atom. The molecule has 0 bridgehead atoms. The van der Waals surface area contributed by atoms with Crippen LogP contribution in [0.4, 0.5) is 23.0 Å². The fourth-order valence-electron chi connectivity index (χ4n) is 2.39. The van der Waals surface area contributed by atoms with Crippen LogP contribution in [-0.2, 0) is 0 Å². The number of nitrogens with zero attached hydrogens (tertiary/aromatic N) is 5. The number of hydrogen-bond donors (Lipinski definition) is 2. The molecule has 7 heteroatoms. The third-order valence-corrected chi connectivity index (χ3v) is 3.92. The Morgan fingerprint density at radius 3 is 2.36 bits per heavy atom. The van der Waals surface area contributed by atoms with E-state index in [2.05, 4.69) is 34.3 Å². The molecular weight excluding hydrogens is 314 g/mol. The van der Waals surface area contributed by atoms with E-state index < -0.39 is 0 Å². The average molecular weight is 335 g/mol. The highest BCUT2D eigenvalue weighted by Crippen LogP contribution is 2.29. The largest absolute Gasteiger partial charge is 0.393 e. The predicted octanol–water partition coefficient (Wildman–Crippen LogP) is 3.05. The summed E-state index contributed by atoms with van der Waals surface area (Å²) in [6.45, 7) is 5.02. The molecule has 2 rings (SSSR count). The van der Waals surface area contributed by atoms with Gasteiger partial charge in [-0.05, 0) is 37.1 Å². The Kier molecular flexibility index (Phi) is 6.14. The highest BCUT2D eigenvalue weighted by molar-refractivity contribution is 5.78. The first kappa shape index (κ1) is 18.0. The SMILES string of the molecule is Cc1ccc(Nc2ncnc(N(CCC#N)CCC#N)c2N)cc1C. The summed E-state index contributed by atoms with van der Waals surface area (Å²) in [6, 6.07) is 10.2. The van der Waals surface area contributed by atoms with Gasteiger partial charge in [0, 0.05) is 18.8 Å². The van der Waals surface area contributed by atoms with Crippen molar-refractivity contribution < 1.29 is 0 Å². The third kappa shape index (κ3) is 4.58. The third-order valence-electron chi connectivity index (χ3n) is 3.92. The molecule has 1 aromatic carbocycles. The van der Waals surface area contributed by atoms with Crippen LogP contribution in [0.15, 0.2) is 24.5 Å². The number of nitriles is 2. The normalized spacial score (nSPS) is 9.92. The quantitative estimate of drug-likeness (QED) is 0.799. The minimum absolute atomic E-state index is 0.328. The van der Waals surface area contributed by atoms with Gasteiger partial charge in [-0.3, -0.25) is 0 Å². The molecule has 0 amide bonds. The lowest BCUT2D eigenvalue weighted by Crippen LogP contribution is -2.27. The molecule has 0 fully saturated rings. The molecule has 0 atom stereocenters. The maximum absolute atomic E-state index is 8.84. The number of anilines is 4. The van der Waals surface area contributed by atoms with Crippen LogP contribution < -0.4 is 16.0 Å². The van der Waals surface area contributed by atoms with Gasteiger partial charge in [0.15, 0.2) is 11.6 Å². The zero-order chi connectivity index (χ0) is 18.2. The van der Waals surface area contributed by atoms with Crippen LogP contribution in [-0.4, -0.2) is 23.1 Å². The van der Waals surface area contributed by atoms with Crippen LogP contribution in [0.1, 0.15) is 24.0 Å². The zero-order valence-electron chi connectivity index (χ0n) is 14.5.